The molecule has 0 aliphatic heterocycles. The highest BCUT2D eigenvalue weighted by Gasteiger charge is 2.24. The van der Waals surface area contributed by atoms with Gasteiger partial charge in [-0.3, -0.25) is 0 Å². The smallest absolute Gasteiger partial charge is 0.128 e. The van der Waals surface area contributed by atoms with E-state index in [1.807, 2.05) is 44.0 Å². The van der Waals surface area contributed by atoms with E-state index in [1.165, 1.54) is 0 Å². The van der Waals surface area contributed by atoms with E-state index in [2.05, 4.69) is 4.98 Å². The van der Waals surface area contributed by atoms with E-state index >= 15 is 0 Å². The Labute approximate surface area is 96.6 Å². The fraction of sp³-hybridized carbons (Fsp3) is 0.583. The number of aliphatic hydroxyl groups excluding tert-OH is 2. The predicted octanol–water partition coefficient (Wildman–Crippen LogP) is 0.817. The van der Waals surface area contributed by atoms with E-state index in [0.717, 1.165) is 11.5 Å². The normalized spacial score (nSPS) is 11.6. The second-order valence-corrected chi connectivity index (χ2v) is 4.62. The maximum absolute atomic E-state index is 9.23. The third-order valence-corrected chi connectivity index (χ3v) is 2.65. The van der Waals surface area contributed by atoms with Gasteiger partial charge in [0.25, 0.3) is 0 Å². The summed E-state index contributed by atoms with van der Waals surface area (Å²) in [4.78, 5) is 6.33. The van der Waals surface area contributed by atoms with Crippen LogP contribution in [0.15, 0.2) is 18.2 Å². The molecule has 90 valence electrons. The number of hydrogen-bond donors (Lipinski definition) is 2. The van der Waals surface area contributed by atoms with Crippen molar-refractivity contribution in [2.24, 2.45) is 5.41 Å². The zero-order valence-electron chi connectivity index (χ0n) is 10.1. The standard InChI is InChI=1S/C12H20N2O2/c1-10-5-4-6-11(13-10)14(3)7-12(2,8-15)9-16/h4-6,15-16H,7-9H2,1-3H3. The Morgan fingerprint density at radius 2 is 1.94 bits per heavy atom. The van der Waals surface area contributed by atoms with Crippen molar-refractivity contribution in [2.75, 3.05) is 31.7 Å². The van der Waals surface area contributed by atoms with Crippen molar-refractivity contribution in [3.05, 3.63) is 23.9 Å². The molecule has 0 aromatic carbocycles. The van der Waals surface area contributed by atoms with Gasteiger partial charge in [0.05, 0.1) is 13.2 Å². The number of aryl methyl sites for hydroxylation is 1. The van der Waals surface area contributed by atoms with E-state index in [1.54, 1.807) is 0 Å². The van der Waals surface area contributed by atoms with Crippen LogP contribution >= 0.6 is 0 Å². The fourth-order valence-electron chi connectivity index (χ4n) is 1.54. The Kier molecular flexibility index (Phi) is 4.26. The lowest BCUT2D eigenvalue weighted by molar-refractivity contribution is 0.0761. The van der Waals surface area contributed by atoms with Crippen molar-refractivity contribution < 1.29 is 10.2 Å². The molecule has 0 aliphatic carbocycles. The van der Waals surface area contributed by atoms with Crippen LogP contribution in [0.4, 0.5) is 5.82 Å². The van der Waals surface area contributed by atoms with Crippen LogP contribution in [0.1, 0.15) is 12.6 Å². The molecule has 1 aromatic rings. The third kappa shape index (κ3) is 3.18. The minimum Gasteiger partial charge on any atom is -0.396 e. The van der Waals surface area contributed by atoms with Gasteiger partial charge < -0.3 is 15.1 Å². The summed E-state index contributed by atoms with van der Waals surface area (Å²) in [6.45, 7) is 4.27. The molecule has 0 unspecified atom stereocenters. The molecule has 1 heterocycles. The molecule has 0 bridgehead atoms. The van der Waals surface area contributed by atoms with E-state index in [-0.39, 0.29) is 13.2 Å². The lowest BCUT2D eigenvalue weighted by atomic mass is 9.92. The van der Waals surface area contributed by atoms with Crippen LogP contribution in [0.25, 0.3) is 0 Å². The molecule has 1 rings (SSSR count). The highest BCUT2D eigenvalue weighted by atomic mass is 16.3. The number of aliphatic hydroxyl groups is 2. The molecule has 0 saturated carbocycles. The quantitative estimate of drug-likeness (QED) is 0.777. The Bertz CT molecular complexity index is 338. The van der Waals surface area contributed by atoms with Crippen molar-refractivity contribution >= 4 is 5.82 Å². The number of anilines is 1. The molecule has 4 nitrogen and oxygen atoms in total. The number of hydrogen-bond acceptors (Lipinski definition) is 4. The zero-order valence-corrected chi connectivity index (χ0v) is 10.1. The maximum atomic E-state index is 9.23. The van der Waals surface area contributed by atoms with Crippen LogP contribution in [-0.2, 0) is 0 Å². The maximum Gasteiger partial charge on any atom is 0.128 e. The summed E-state index contributed by atoms with van der Waals surface area (Å²) in [6.07, 6.45) is 0. The second-order valence-electron chi connectivity index (χ2n) is 4.62. The van der Waals surface area contributed by atoms with Crippen molar-refractivity contribution in [3.63, 3.8) is 0 Å². The largest absolute Gasteiger partial charge is 0.396 e. The molecule has 1 aromatic heterocycles. The topological polar surface area (TPSA) is 56.6 Å². The first-order valence-electron chi connectivity index (χ1n) is 5.37. The summed E-state index contributed by atoms with van der Waals surface area (Å²) in [7, 11) is 1.91. The highest BCUT2D eigenvalue weighted by Crippen LogP contribution is 2.19. The van der Waals surface area contributed by atoms with E-state index in [0.29, 0.717) is 6.54 Å². The van der Waals surface area contributed by atoms with Gasteiger partial charge in [-0.1, -0.05) is 13.0 Å². The molecule has 0 radical (unpaired) electrons. The minimum absolute atomic E-state index is 0.0420. The van der Waals surface area contributed by atoms with Crippen LogP contribution in [0.2, 0.25) is 0 Å². The molecule has 0 amide bonds. The van der Waals surface area contributed by atoms with Gasteiger partial charge in [0, 0.05) is 24.7 Å². The molecule has 16 heavy (non-hydrogen) atoms. The first kappa shape index (κ1) is 12.9. The Morgan fingerprint density at radius 3 is 2.44 bits per heavy atom. The summed E-state index contributed by atoms with van der Waals surface area (Å²) in [5, 5.41) is 18.5. The highest BCUT2D eigenvalue weighted by molar-refractivity contribution is 5.38. The van der Waals surface area contributed by atoms with Crippen LogP contribution in [0, 0.1) is 12.3 Å². The van der Waals surface area contributed by atoms with Crippen LogP contribution < -0.4 is 4.90 Å². The molecule has 0 saturated heterocycles. The lowest BCUT2D eigenvalue weighted by Crippen LogP contribution is -2.39. The lowest BCUT2D eigenvalue weighted by Gasteiger charge is -2.31. The fourth-order valence-corrected chi connectivity index (χ4v) is 1.54. The van der Waals surface area contributed by atoms with Crippen molar-refractivity contribution in [3.8, 4) is 0 Å². The number of pyridine rings is 1. The number of nitrogens with zero attached hydrogens (tertiary/aromatic N) is 2. The average Bonchev–Trinajstić information content (AvgIpc) is 2.29. The molecular weight excluding hydrogens is 204 g/mol. The monoisotopic (exact) mass is 224 g/mol. The van der Waals surface area contributed by atoms with Gasteiger partial charge in [-0.05, 0) is 19.1 Å². The molecule has 4 heteroatoms. The Hall–Kier alpha value is -1.13. The van der Waals surface area contributed by atoms with Gasteiger partial charge in [0.15, 0.2) is 0 Å². The first-order chi connectivity index (χ1) is 7.50. The second kappa shape index (κ2) is 5.27. The van der Waals surface area contributed by atoms with Gasteiger partial charge in [0.1, 0.15) is 5.82 Å². The summed E-state index contributed by atoms with van der Waals surface area (Å²) in [5.74, 6) is 0.855. The molecule has 0 atom stereocenters. The van der Waals surface area contributed by atoms with Gasteiger partial charge in [-0.15, -0.1) is 0 Å². The van der Waals surface area contributed by atoms with E-state index < -0.39 is 5.41 Å². The Balaban J connectivity index is 2.75. The van der Waals surface area contributed by atoms with E-state index in [9.17, 15) is 10.2 Å². The number of aromatic nitrogens is 1. The van der Waals surface area contributed by atoms with Gasteiger partial charge in [-0.2, -0.15) is 0 Å². The molecule has 2 N–H and O–H groups in total. The van der Waals surface area contributed by atoms with Gasteiger partial charge in [0.2, 0.25) is 0 Å². The number of rotatable bonds is 5. The molecule has 0 aliphatic rings. The van der Waals surface area contributed by atoms with Crippen molar-refractivity contribution in [1.29, 1.82) is 0 Å². The van der Waals surface area contributed by atoms with Crippen LogP contribution in [-0.4, -0.2) is 42.0 Å². The molecule has 0 fully saturated rings. The first-order valence-corrected chi connectivity index (χ1v) is 5.37. The molecular formula is C12H20N2O2. The molecule has 0 spiro atoms. The van der Waals surface area contributed by atoms with Crippen molar-refractivity contribution in [2.45, 2.75) is 13.8 Å². The SMILES string of the molecule is Cc1cccc(N(C)CC(C)(CO)CO)n1. The van der Waals surface area contributed by atoms with Crippen LogP contribution in [0.3, 0.4) is 0 Å². The zero-order chi connectivity index (χ0) is 12.2. The summed E-state index contributed by atoms with van der Waals surface area (Å²) in [6, 6.07) is 5.81. The van der Waals surface area contributed by atoms with Gasteiger partial charge >= 0.3 is 0 Å². The average molecular weight is 224 g/mol. The summed E-state index contributed by atoms with van der Waals surface area (Å²) >= 11 is 0. The summed E-state index contributed by atoms with van der Waals surface area (Å²) < 4.78 is 0. The predicted molar refractivity (Wildman–Crippen MR) is 64.5 cm³/mol. The third-order valence-electron chi connectivity index (χ3n) is 2.65. The Morgan fingerprint density at radius 1 is 1.31 bits per heavy atom. The van der Waals surface area contributed by atoms with Crippen LogP contribution in [0.5, 0.6) is 0 Å². The summed E-state index contributed by atoms with van der Waals surface area (Å²) in [5.41, 5.74) is 0.458. The van der Waals surface area contributed by atoms with E-state index in [4.69, 9.17) is 0 Å². The van der Waals surface area contributed by atoms with Crippen molar-refractivity contribution in [1.82, 2.24) is 4.98 Å². The van der Waals surface area contributed by atoms with Gasteiger partial charge in [-0.25, -0.2) is 4.98 Å². The minimum atomic E-state index is -0.500.